The Morgan fingerprint density at radius 3 is 2.17 bits per heavy atom. The predicted molar refractivity (Wildman–Crippen MR) is 81.8 cm³/mol. The van der Waals surface area contributed by atoms with Crippen LogP contribution in [0.4, 0.5) is 0 Å². The molecule has 4 rings (SSSR count). The average Bonchev–Trinajstić information content (AvgIpc) is 3.00. The second-order valence-electron chi connectivity index (χ2n) is 4.33. The predicted octanol–water partition coefficient (Wildman–Crippen LogP) is 5.73. The number of hydrogen-bond donors (Lipinski definition) is 0. The minimum Gasteiger partial charge on any atom is -0.143 e. The van der Waals surface area contributed by atoms with Crippen molar-refractivity contribution in [1.82, 2.24) is 0 Å². The van der Waals surface area contributed by atoms with Crippen molar-refractivity contribution in [1.29, 1.82) is 0 Å². The Morgan fingerprint density at radius 2 is 1.44 bits per heavy atom. The van der Waals surface area contributed by atoms with E-state index in [0.29, 0.717) is 0 Å². The monoisotopic (exact) mass is 266 g/mol. The van der Waals surface area contributed by atoms with Gasteiger partial charge in [0.05, 0.1) is 0 Å². The highest BCUT2D eigenvalue weighted by Gasteiger charge is 2.09. The summed E-state index contributed by atoms with van der Waals surface area (Å²) >= 11 is 3.70. The van der Waals surface area contributed by atoms with E-state index in [-0.39, 0.29) is 0 Å². The molecule has 2 heterocycles. The zero-order valence-corrected chi connectivity index (χ0v) is 11.2. The van der Waals surface area contributed by atoms with Gasteiger partial charge >= 0.3 is 0 Å². The third kappa shape index (κ3) is 1.57. The van der Waals surface area contributed by atoms with Crippen LogP contribution in [0.1, 0.15) is 0 Å². The molecule has 2 aliphatic carbocycles. The molecule has 0 aromatic carbocycles. The first-order valence-corrected chi connectivity index (χ1v) is 7.56. The van der Waals surface area contributed by atoms with Crippen LogP contribution in [0.5, 0.6) is 0 Å². The molecule has 2 heteroatoms. The lowest BCUT2D eigenvalue weighted by atomic mass is 10.2. The van der Waals surface area contributed by atoms with Crippen LogP contribution in [0.25, 0.3) is 31.0 Å². The van der Waals surface area contributed by atoms with Gasteiger partial charge in [-0.05, 0) is 46.3 Å². The van der Waals surface area contributed by atoms with Crippen LogP contribution in [0, 0.1) is 0 Å². The molecule has 0 saturated heterocycles. The summed E-state index contributed by atoms with van der Waals surface area (Å²) in [5.74, 6) is 0. The Balaban J connectivity index is 1.92. The normalized spacial score (nSPS) is 11.3. The maximum atomic E-state index is 2.30. The lowest BCUT2D eigenvalue weighted by molar-refractivity contribution is 1.84. The van der Waals surface area contributed by atoms with Crippen LogP contribution in [0.3, 0.4) is 0 Å². The summed E-state index contributed by atoms with van der Waals surface area (Å²) in [6.45, 7) is 0. The Hall–Kier alpha value is -1.64. The molecule has 0 saturated carbocycles. The van der Waals surface area contributed by atoms with Crippen LogP contribution >= 0.6 is 22.7 Å². The molecule has 0 N–H and O–H groups in total. The molecule has 0 unspecified atom stereocenters. The molecule has 0 spiro atoms. The van der Waals surface area contributed by atoms with Gasteiger partial charge in [-0.15, -0.1) is 22.7 Å². The van der Waals surface area contributed by atoms with Crippen LogP contribution in [0.15, 0.2) is 60.0 Å². The van der Waals surface area contributed by atoms with E-state index in [2.05, 4.69) is 60.0 Å². The van der Waals surface area contributed by atoms with Gasteiger partial charge in [-0.3, -0.25) is 0 Å². The van der Waals surface area contributed by atoms with Gasteiger partial charge in [0.15, 0.2) is 0 Å². The molecule has 0 fully saturated rings. The molecule has 0 bridgehead atoms. The number of thiophene rings is 2. The van der Waals surface area contributed by atoms with Gasteiger partial charge in [-0.1, -0.05) is 30.3 Å². The molecule has 0 amide bonds. The highest BCUT2D eigenvalue weighted by Crippen LogP contribution is 2.39. The van der Waals surface area contributed by atoms with Crippen molar-refractivity contribution in [3.63, 3.8) is 0 Å². The van der Waals surface area contributed by atoms with Crippen molar-refractivity contribution >= 4 is 32.1 Å². The fourth-order valence-electron chi connectivity index (χ4n) is 2.26. The zero-order valence-electron chi connectivity index (χ0n) is 9.59. The summed E-state index contributed by atoms with van der Waals surface area (Å²) in [6.07, 6.45) is 0. The Kier molecular flexibility index (Phi) is 2.25. The fraction of sp³-hybridized carbons (Fsp3) is 0. The van der Waals surface area contributed by atoms with Crippen LogP contribution < -0.4 is 0 Å². The van der Waals surface area contributed by atoms with Crippen molar-refractivity contribution in [3.05, 3.63) is 60.0 Å². The SMILES string of the molecule is c1ccc2cc(-c3cc4sccc4s3)cc-2cc1. The quantitative estimate of drug-likeness (QED) is 0.412. The summed E-state index contributed by atoms with van der Waals surface area (Å²) in [7, 11) is 0. The first-order valence-electron chi connectivity index (χ1n) is 5.86. The molecule has 86 valence electrons. The zero-order chi connectivity index (χ0) is 11.9. The number of rotatable bonds is 1. The van der Waals surface area contributed by atoms with Crippen molar-refractivity contribution in [2.75, 3.05) is 0 Å². The second-order valence-corrected chi connectivity index (χ2v) is 6.36. The first-order chi connectivity index (χ1) is 8.90. The molecule has 18 heavy (non-hydrogen) atoms. The molecule has 2 aromatic rings. The summed E-state index contributed by atoms with van der Waals surface area (Å²) < 4.78 is 2.79. The van der Waals surface area contributed by atoms with E-state index < -0.39 is 0 Å². The van der Waals surface area contributed by atoms with Crippen LogP contribution in [-0.4, -0.2) is 0 Å². The smallest absolute Gasteiger partial charge is 0.0457 e. The van der Waals surface area contributed by atoms with Gasteiger partial charge in [0.2, 0.25) is 0 Å². The van der Waals surface area contributed by atoms with Gasteiger partial charge < -0.3 is 0 Å². The van der Waals surface area contributed by atoms with E-state index in [0.717, 1.165) is 0 Å². The minimum absolute atomic E-state index is 1.31. The van der Waals surface area contributed by atoms with Gasteiger partial charge in [0.25, 0.3) is 0 Å². The van der Waals surface area contributed by atoms with Crippen molar-refractivity contribution in [2.24, 2.45) is 0 Å². The largest absolute Gasteiger partial charge is 0.143 e. The van der Waals surface area contributed by atoms with Gasteiger partial charge in [0, 0.05) is 14.3 Å². The molecule has 2 aromatic heterocycles. The van der Waals surface area contributed by atoms with E-state index in [4.69, 9.17) is 0 Å². The maximum Gasteiger partial charge on any atom is 0.0457 e. The maximum absolute atomic E-state index is 2.30. The lowest BCUT2D eigenvalue weighted by Crippen LogP contribution is -1.59. The minimum atomic E-state index is 1.31. The van der Waals surface area contributed by atoms with Gasteiger partial charge in [0.1, 0.15) is 0 Å². The standard InChI is InChI=1S/C16H10S2/c1-2-4-11-8-13(9-12(11)5-3-1)15-10-16-14(18-15)6-7-17-16/h1-10H. The number of fused-ring (bicyclic) bond motifs is 2. The van der Waals surface area contributed by atoms with Crippen molar-refractivity contribution in [3.8, 4) is 21.6 Å². The Bertz CT molecular complexity index is 732. The highest BCUT2D eigenvalue weighted by atomic mass is 32.1. The van der Waals surface area contributed by atoms with E-state index in [1.807, 2.05) is 22.7 Å². The van der Waals surface area contributed by atoms with E-state index in [9.17, 15) is 0 Å². The Labute approximate surface area is 113 Å². The third-order valence-corrected chi connectivity index (χ3v) is 5.30. The van der Waals surface area contributed by atoms with Crippen molar-refractivity contribution < 1.29 is 0 Å². The molecular formula is C16H10S2. The summed E-state index contributed by atoms with van der Waals surface area (Å²) in [5, 5.41) is 2.16. The summed E-state index contributed by atoms with van der Waals surface area (Å²) in [6, 6.07) is 19.7. The number of hydrogen-bond acceptors (Lipinski definition) is 2. The fourth-order valence-corrected chi connectivity index (χ4v) is 4.36. The van der Waals surface area contributed by atoms with Crippen LogP contribution in [0.2, 0.25) is 0 Å². The molecule has 2 aliphatic rings. The topological polar surface area (TPSA) is 0 Å². The van der Waals surface area contributed by atoms with E-state index >= 15 is 0 Å². The summed E-state index contributed by atoms with van der Waals surface area (Å²) in [5.41, 5.74) is 3.96. The molecule has 0 nitrogen and oxygen atoms in total. The summed E-state index contributed by atoms with van der Waals surface area (Å²) in [4.78, 5) is 1.37. The molecule has 0 aliphatic heterocycles. The highest BCUT2D eigenvalue weighted by molar-refractivity contribution is 7.28. The van der Waals surface area contributed by atoms with Gasteiger partial charge in [-0.25, -0.2) is 0 Å². The Morgan fingerprint density at radius 1 is 0.667 bits per heavy atom. The van der Waals surface area contributed by atoms with Crippen LogP contribution in [-0.2, 0) is 0 Å². The second kappa shape index (κ2) is 3.94. The van der Waals surface area contributed by atoms with Crippen molar-refractivity contribution in [2.45, 2.75) is 0 Å². The van der Waals surface area contributed by atoms with Gasteiger partial charge in [-0.2, -0.15) is 0 Å². The van der Waals surface area contributed by atoms with E-state index in [1.165, 1.54) is 31.0 Å². The molecular weight excluding hydrogens is 256 g/mol. The molecule has 0 radical (unpaired) electrons. The first kappa shape index (κ1) is 10.3. The van der Waals surface area contributed by atoms with E-state index in [1.54, 1.807) is 0 Å². The molecule has 0 atom stereocenters. The lowest BCUT2D eigenvalue weighted by Gasteiger charge is -1.87. The average molecular weight is 266 g/mol. The third-order valence-electron chi connectivity index (χ3n) is 3.15.